The molecule has 0 bridgehead atoms. The molecule has 0 radical (unpaired) electrons. The van der Waals surface area contributed by atoms with E-state index in [9.17, 15) is 14.4 Å². The van der Waals surface area contributed by atoms with Gasteiger partial charge in [0, 0.05) is 0 Å². The first-order valence-corrected chi connectivity index (χ1v) is 8.51. The van der Waals surface area contributed by atoms with E-state index in [1.807, 2.05) is 24.3 Å². The number of nitrogens with zero attached hydrogens (tertiary/aromatic N) is 2. The summed E-state index contributed by atoms with van der Waals surface area (Å²) in [6, 6.07) is 14.3. The molecule has 3 aromatic rings. The first-order chi connectivity index (χ1) is 12.1. The molecule has 7 heteroatoms. The maximum absolute atomic E-state index is 12.2. The van der Waals surface area contributed by atoms with Crippen LogP contribution in [0.15, 0.2) is 48.5 Å². The van der Waals surface area contributed by atoms with Crippen molar-refractivity contribution in [3.8, 4) is 0 Å². The Morgan fingerprint density at radius 3 is 2.32 bits per heavy atom. The summed E-state index contributed by atoms with van der Waals surface area (Å²) >= 11 is 1.50. The van der Waals surface area contributed by atoms with Gasteiger partial charge in [0.05, 0.1) is 27.9 Å². The van der Waals surface area contributed by atoms with E-state index >= 15 is 0 Å². The Hall–Kier alpha value is -3.06. The van der Waals surface area contributed by atoms with E-state index in [1.54, 1.807) is 24.3 Å². The van der Waals surface area contributed by atoms with Crippen molar-refractivity contribution >= 4 is 39.3 Å². The molecule has 0 fully saturated rings. The van der Waals surface area contributed by atoms with Gasteiger partial charge in [-0.05, 0) is 24.3 Å². The second kappa shape index (κ2) is 6.10. The lowest BCUT2D eigenvalue weighted by Gasteiger charge is -2.13. The van der Waals surface area contributed by atoms with Crippen LogP contribution in [0.1, 0.15) is 25.7 Å². The highest BCUT2D eigenvalue weighted by molar-refractivity contribution is 7.18. The summed E-state index contributed by atoms with van der Waals surface area (Å²) in [5.41, 5.74) is 1.56. The maximum Gasteiger partial charge on any atom is 0.262 e. The van der Waals surface area contributed by atoms with E-state index in [-0.39, 0.29) is 13.1 Å². The predicted molar refractivity (Wildman–Crippen MR) is 93.3 cm³/mol. The fourth-order valence-corrected chi connectivity index (χ4v) is 3.66. The molecule has 1 aliphatic rings. The third kappa shape index (κ3) is 2.78. The number of carbonyl (C=O) groups is 3. The normalized spacial score (nSPS) is 13.4. The largest absolute Gasteiger partial charge is 0.348 e. The van der Waals surface area contributed by atoms with Crippen molar-refractivity contribution in [2.45, 2.75) is 6.54 Å². The molecule has 124 valence electrons. The van der Waals surface area contributed by atoms with Crippen LogP contribution in [0.3, 0.4) is 0 Å². The molecule has 0 unspecified atom stereocenters. The number of para-hydroxylation sites is 1. The summed E-state index contributed by atoms with van der Waals surface area (Å²) in [7, 11) is 0. The number of hydrogen-bond donors (Lipinski definition) is 1. The number of benzene rings is 2. The van der Waals surface area contributed by atoms with Crippen molar-refractivity contribution in [2.75, 3.05) is 6.54 Å². The number of nitrogens with one attached hydrogen (secondary N) is 1. The van der Waals surface area contributed by atoms with Crippen LogP contribution in [0.4, 0.5) is 0 Å². The van der Waals surface area contributed by atoms with E-state index in [4.69, 9.17) is 0 Å². The van der Waals surface area contributed by atoms with Gasteiger partial charge in [0.15, 0.2) is 0 Å². The standard InChI is InChI=1S/C18H13N3O3S/c22-15(19-9-16-20-13-7-3-4-8-14(13)25-16)10-21-17(23)11-5-1-2-6-12(11)18(21)24/h1-8H,9-10H2,(H,19,22). The molecular weight excluding hydrogens is 338 g/mol. The van der Waals surface area contributed by atoms with Crippen LogP contribution in [0, 0.1) is 0 Å². The smallest absolute Gasteiger partial charge is 0.262 e. The number of fused-ring (bicyclic) bond motifs is 2. The Morgan fingerprint density at radius 1 is 1.00 bits per heavy atom. The highest BCUT2D eigenvalue weighted by atomic mass is 32.1. The molecule has 3 amide bonds. The zero-order valence-electron chi connectivity index (χ0n) is 13.1. The van der Waals surface area contributed by atoms with Gasteiger partial charge >= 0.3 is 0 Å². The number of aromatic nitrogens is 1. The fourth-order valence-electron chi connectivity index (χ4n) is 2.75. The van der Waals surface area contributed by atoms with E-state index in [1.165, 1.54) is 11.3 Å². The van der Waals surface area contributed by atoms with Gasteiger partial charge in [0.25, 0.3) is 11.8 Å². The summed E-state index contributed by atoms with van der Waals surface area (Å²) in [6.45, 7) is -0.0292. The highest BCUT2D eigenvalue weighted by Gasteiger charge is 2.36. The lowest BCUT2D eigenvalue weighted by molar-refractivity contribution is -0.121. The molecule has 6 nitrogen and oxygen atoms in total. The Morgan fingerprint density at radius 2 is 1.64 bits per heavy atom. The monoisotopic (exact) mass is 351 g/mol. The summed E-state index contributed by atoms with van der Waals surface area (Å²) in [6.07, 6.45) is 0. The van der Waals surface area contributed by atoms with Crippen LogP contribution in [-0.4, -0.2) is 34.2 Å². The Labute approximate surface area is 147 Å². The van der Waals surface area contributed by atoms with Gasteiger partial charge in [-0.25, -0.2) is 4.98 Å². The molecule has 1 N–H and O–H groups in total. The Balaban J connectivity index is 1.41. The van der Waals surface area contributed by atoms with Gasteiger partial charge in [0.2, 0.25) is 5.91 Å². The van der Waals surface area contributed by atoms with E-state index in [0.29, 0.717) is 11.1 Å². The van der Waals surface area contributed by atoms with Crippen molar-refractivity contribution in [1.29, 1.82) is 0 Å². The van der Waals surface area contributed by atoms with Gasteiger partial charge in [-0.3, -0.25) is 19.3 Å². The summed E-state index contributed by atoms with van der Waals surface area (Å²) in [5.74, 6) is -1.26. The molecule has 0 spiro atoms. The molecule has 0 saturated heterocycles. The third-order valence-corrected chi connectivity index (χ3v) is 4.99. The first kappa shape index (κ1) is 15.5. The molecule has 1 aromatic heterocycles. The maximum atomic E-state index is 12.2. The zero-order chi connectivity index (χ0) is 17.4. The topological polar surface area (TPSA) is 79.4 Å². The van der Waals surface area contributed by atoms with Gasteiger partial charge in [-0.2, -0.15) is 0 Å². The molecule has 1 aliphatic heterocycles. The van der Waals surface area contributed by atoms with Crippen LogP contribution in [0.25, 0.3) is 10.2 Å². The number of rotatable bonds is 4. The van der Waals surface area contributed by atoms with Crippen molar-refractivity contribution in [3.63, 3.8) is 0 Å². The molecule has 0 aliphatic carbocycles. The van der Waals surface area contributed by atoms with Crippen molar-refractivity contribution in [3.05, 3.63) is 64.7 Å². The molecule has 0 saturated carbocycles. The van der Waals surface area contributed by atoms with Crippen LogP contribution in [0.2, 0.25) is 0 Å². The second-order valence-corrected chi connectivity index (χ2v) is 6.71. The molecule has 2 heterocycles. The number of imide groups is 1. The van der Waals surface area contributed by atoms with Crippen LogP contribution in [-0.2, 0) is 11.3 Å². The van der Waals surface area contributed by atoms with Gasteiger partial charge in [-0.1, -0.05) is 24.3 Å². The minimum atomic E-state index is -0.435. The minimum absolute atomic E-state index is 0.265. The second-order valence-electron chi connectivity index (χ2n) is 5.59. The summed E-state index contributed by atoms with van der Waals surface area (Å²) < 4.78 is 1.05. The quantitative estimate of drug-likeness (QED) is 0.731. The predicted octanol–water partition coefficient (Wildman–Crippen LogP) is 2.21. The number of hydrogen-bond acceptors (Lipinski definition) is 5. The first-order valence-electron chi connectivity index (χ1n) is 7.70. The van der Waals surface area contributed by atoms with Gasteiger partial charge in [-0.15, -0.1) is 11.3 Å². The van der Waals surface area contributed by atoms with Crippen LogP contribution >= 0.6 is 11.3 Å². The lowest BCUT2D eigenvalue weighted by Crippen LogP contribution is -2.40. The molecule has 25 heavy (non-hydrogen) atoms. The van der Waals surface area contributed by atoms with Crippen LogP contribution in [0.5, 0.6) is 0 Å². The van der Waals surface area contributed by atoms with Gasteiger partial charge in [0.1, 0.15) is 11.6 Å². The van der Waals surface area contributed by atoms with Crippen LogP contribution < -0.4 is 5.32 Å². The van der Waals surface area contributed by atoms with Crippen molar-refractivity contribution in [1.82, 2.24) is 15.2 Å². The van der Waals surface area contributed by atoms with Gasteiger partial charge < -0.3 is 5.32 Å². The Bertz CT molecular complexity index is 943. The fraction of sp³-hybridized carbons (Fsp3) is 0.111. The minimum Gasteiger partial charge on any atom is -0.348 e. The van der Waals surface area contributed by atoms with Crippen molar-refractivity contribution < 1.29 is 14.4 Å². The molecular formula is C18H13N3O3S. The highest BCUT2D eigenvalue weighted by Crippen LogP contribution is 2.23. The van der Waals surface area contributed by atoms with Crippen molar-refractivity contribution in [2.24, 2.45) is 0 Å². The molecule has 0 atom stereocenters. The number of thiazole rings is 1. The van der Waals surface area contributed by atoms with E-state index < -0.39 is 17.7 Å². The number of carbonyl (C=O) groups excluding carboxylic acids is 3. The van der Waals surface area contributed by atoms with E-state index in [0.717, 1.165) is 20.1 Å². The third-order valence-electron chi connectivity index (χ3n) is 3.95. The SMILES string of the molecule is O=C(CN1C(=O)c2ccccc2C1=O)NCc1nc2ccccc2s1. The Kier molecular flexibility index (Phi) is 3.77. The summed E-state index contributed by atoms with van der Waals surface area (Å²) in [4.78, 5) is 42.1. The van der Waals surface area contributed by atoms with E-state index in [2.05, 4.69) is 10.3 Å². The molecule has 2 aromatic carbocycles. The average molecular weight is 351 g/mol. The molecule has 4 rings (SSSR count). The lowest BCUT2D eigenvalue weighted by atomic mass is 10.1. The zero-order valence-corrected chi connectivity index (χ0v) is 13.9. The summed E-state index contributed by atoms with van der Waals surface area (Å²) in [5, 5.41) is 3.49. The number of amides is 3. The average Bonchev–Trinajstić information content (AvgIpc) is 3.15.